The van der Waals surface area contributed by atoms with Gasteiger partial charge in [-0.3, -0.25) is 0 Å². The highest BCUT2D eigenvalue weighted by atomic mass is 35.5. The van der Waals surface area contributed by atoms with Crippen molar-refractivity contribution in [2.75, 3.05) is 5.32 Å². The molecule has 0 bridgehead atoms. The van der Waals surface area contributed by atoms with Crippen LogP contribution >= 0.6 is 34.7 Å². The van der Waals surface area contributed by atoms with Crippen molar-refractivity contribution >= 4 is 45.5 Å². The van der Waals surface area contributed by atoms with Gasteiger partial charge in [-0.1, -0.05) is 39.9 Å². The first-order valence-corrected chi connectivity index (χ1v) is 9.91. The van der Waals surface area contributed by atoms with Crippen LogP contribution in [0.1, 0.15) is 5.89 Å². The summed E-state index contributed by atoms with van der Waals surface area (Å²) in [7, 11) is 0. The summed E-state index contributed by atoms with van der Waals surface area (Å²) in [5.41, 5.74) is 1.58. The second-order valence-corrected chi connectivity index (χ2v) is 7.95. The number of nitrogens with zero attached hydrogens (tertiary/aromatic N) is 4. The maximum atomic E-state index is 12.9. The molecule has 0 radical (unpaired) electrons. The minimum atomic E-state index is -0.286. The Balaban J connectivity index is 1.36. The molecule has 10 heteroatoms. The van der Waals surface area contributed by atoms with Crippen molar-refractivity contribution in [3.63, 3.8) is 0 Å². The predicted molar refractivity (Wildman–Crippen MR) is 104 cm³/mol. The topological polar surface area (TPSA) is 76.7 Å². The summed E-state index contributed by atoms with van der Waals surface area (Å²) in [4.78, 5) is 4.37. The lowest BCUT2D eigenvalue weighted by Crippen LogP contribution is -1.89. The van der Waals surface area contributed by atoms with Gasteiger partial charge < -0.3 is 9.84 Å². The first-order valence-electron chi connectivity index (χ1n) is 7.73. The highest BCUT2D eigenvalue weighted by molar-refractivity contribution is 8.00. The van der Waals surface area contributed by atoms with E-state index in [9.17, 15) is 4.39 Å². The Morgan fingerprint density at radius 2 is 1.85 bits per heavy atom. The van der Waals surface area contributed by atoms with E-state index < -0.39 is 0 Å². The van der Waals surface area contributed by atoms with Crippen molar-refractivity contribution in [3.05, 3.63) is 65.3 Å². The third kappa shape index (κ3) is 4.62. The fourth-order valence-corrected chi connectivity index (χ4v) is 3.86. The zero-order chi connectivity index (χ0) is 18.6. The van der Waals surface area contributed by atoms with Crippen LogP contribution < -0.4 is 5.32 Å². The molecule has 6 nitrogen and oxygen atoms in total. The van der Waals surface area contributed by atoms with Gasteiger partial charge >= 0.3 is 0 Å². The maximum Gasteiger partial charge on any atom is 0.237 e. The lowest BCUT2D eigenvalue weighted by Gasteiger charge is -2.00. The van der Waals surface area contributed by atoms with Gasteiger partial charge in [0, 0.05) is 16.3 Å². The lowest BCUT2D eigenvalue weighted by atomic mass is 10.2. The van der Waals surface area contributed by atoms with Crippen molar-refractivity contribution in [3.8, 4) is 11.4 Å². The molecule has 0 aliphatic rings. The fourth-order valence-electron chi connectivity index (χ4n) is 2.13. The number of hydrogen-bond acceptors (Lipinski definition) is 8. The molecule has 27 heavy (non-hydrogen) atoms. The molecule has 0 spiro atoms. The van der Waals surface area contributed by atoms with E-state index in [1.165, 1.54) is 35.2 Å². The average molecular weight is 420 g/mol. The molecule has 4 aromatic rings. The van der Waals surface area contributed by atoms with Gasteiger partial charge in [0.25, 0.3) is 0 Å². The van der Waals surface area contributed by atoms with Gasteiger partial charge in [0.15, 0.2) is 4.34 Å². The number of benzene rings is 2. The van der Waals surface area contributed by atoms with Crippen molar-refractivity contribution in [2.24, 2.45) is 0 Å². The van der Waals surface area contributed by atoms with E-state index in [4.69, 9.17) is 16.1 Å². The first-order chi connectivity index (χ1) is 13.2. The summed E-state index contributed by atoms with van der Waals surface area (Å²) < 4.78 is 19.0. The molecule has 2 aromatic carbocycles. The van der Waals surface area contributed by atoms with Gasteiger partial charge in [-0.25, -0.2) is 4.39 Å². The van der Waals surface area contributed by atoms with Crippen LogP contribution in [0.15, 0.2) is 57.4 Å². The molecule has 0 aliphatic heterocycles. The van der Waals surface area contributed by atoms with Gasteiger partial charge in [-0.15, -0.1) is 10.2 Å². The molecule has 0 saturated carbocycles. The summed E-state index contributed by atoms with van der Waals surface area (Å²) in [6, 6.07) is 13.3. The lowest BCUT2D eigenvalue weighted by molar-refractivity contribution is 0.391. The summed E-state index contributed by atoms with van der Waals surface area (Å²) in [5.74, 6) is 1.20. The molecule has 136 valence electrons. The van der Waals surface area contributed by atoms with Gasteiger partial charge in [-0.2, -0.15) is 4.98 Å². The Morgan fingerprint density at radius 1 is 1.07 bits per heavy atom. The van der Waals surface area contributed by atoms with Crippen LogP contribution in [0.2, 0.25) is 5.02 Å². The molecule has 2 aromatic heterocycles. The Morgan fingerprint density at radius 3 is 2.63 bits per heavy atom. The second kappa shape index (κ2) is 8.03. The van der Waals surface area contributed by atoms with Crippen molar-refractivity contribution in [2.45, 2.75) is 10.1 Å². The van der Waals surface area contributed by atoms with Crippen LogP contribution in [-0.4, -0.2) is 20.3 Å². The zero-order valence-corrected chi connectivity index (χ0v) is 16.0. The molecular formula is C17H11ClFN5OS2. The number of aromatic nitrogens is 4. The first kappa shape index (κ1) is 17.9. The quantitative estimate of drug-likeness (QED) is 0.418. The molecule has 4 rings (SSSR count). The number of nitrogens with one attached hydrogen (secondary N) is 1. The molecule has 0 atom stereocenters. The van der Waals surface area contributed by atoms with E-state index in [0.29, 0.717) is 27.6 Å². The Bertz CT molecular complexity index is 1040. The van der Waals surface area contributed by atoms with Gasteiger partial charge in [0.05, 0.1) is 5.75 Å². The Kier molecular flexibility index (Phi) is 5.33. The second-order valence-electron chi connectivity index (χ2n) is 5.31. The largest absolute Gasteiger partial charge is 0.338 e. The third-order valence-corrected chi connectivity index (χ3v) is 5.60. The van der Waals surface area contributed by atoms with E-state index in [1.807, 2.05) is 12.1 Å². The van der Waals surface area contributed by atoms with Crippen LogP contribution in [0.25, 0.3) is 11.4 Å². The number of halogens is 2. The molecule has 0 unspecified atom stereocenters. The van der Waals surface area contributed by atoms with Crippen LogP contribution in [0.4, 0.5) is 15.2 Å². The molecule has 0 amide bonds. The smallest absolute Gasteiger partial charge is 0.237 e. The Hall–Kier alpha value is -2.49. The minimum Gasteiger partial charge on any atom is -0.338 e. The van der Waals surface area contributed by atoms with E-state index in [-0.39, 0.29) is 5.82 Å². The van der Waals surface area contributed by atoms with Crippen molar-refractivity contribution in [1.29, 1.82) is 0 Å². The molecule has 2 heterocycles. The van der Waals surface area contributed by atoms with E-state index in [2.05, 4.69) is 25.7 Å². The van der Waals surface area contributed by atoms with Crippen molar-refractivity contribution < 1.29 is 8.91 Å². The number of thioether (sulfide) groups is 1. The minimum absolute atomic E-state index is 0.286. The Labute approximate surface area is 166 Å². The predicted octanol–water partition coefficient (Wildman–Crippen LogP) is 5.42. The number of hydrogen-bond donors (Lipinski definition) is 1. The SMILES string of the molecule is Fc1ccc(Nc2nnc(SCc3nc(-c4ccc(Cl)cc4)no3)s2)cc1. The molecule has 0 aliphatic carbocycles. The monoisotopic (exact) mass is 419 g/mol. The summed E-state index contributed by atoms with van der Waals surface area (Å²) >= 11 is 8.71. The van der Waals surface area contributed by atoms with E-state index >= 15 is 0 Å². The van der Waals surface area contributed by atoms with E-state index in [1.54, 1.807) is 24.3 Å². The van der Waals surface area contributed by atoms with Crippen LogP contribution in [0, 0.1) is 5.82 Å². The zero-order valence-electron chi connectivity index (χ0n) is 13.6. The van der Waals surface area contributed by atoms with Crippen molar-refractivity contribution in [1.82, 2.24) is 20.3 Å². The van der Waals surface area contributed by atoms with Crippen LogP contribution in [-0.2, 0) is 5.75 Å². The average Bonchev–Trinajstić information content (AvgIpc) is 3.32. The van der Waals surface area contributed by atoms with Crippen LogP contribution in [0.3, 0.4) is 0 Å². The molecule has 0 fully saturated rings. The normalized spacial score (nSPS) is 10.9. The fraction of sp³-hybridized carbons (Fsp3) is 0.0588. The van der Waals surface area contributed by atoms with Gasteiger partial charge in [0.1, 0.15) is 5.82 Å². The van der Waals surface area contributed by atoms with Gasteiger partial charge in [0.2, 0.25) is 16.8 Å². The number of rotatable bonds is 6. The maximum absolute atomic E-state index is 12.9. The highest BCUT2D eigenvalue weighted by Crippen LogP contribution is 2.30. The van der Waals surface area contributed by atoms with E-state index in [0.717, 1.165) is 15.6 Å². The summed E-state index contributed by atoms with van der Waals surface area (Å²) in [6.45, 7) is 0. The standard InChI is InChI=1S/C17H11ClFN5OS2/c18-11-3-1-10(2-4-11)15-21-14(25-24-15)9-26-17-23-22-16(27-17)20-13-7-5-12(19)6-8-13/h1-8H,9H2,(H,20,22). The third-order valence-electron chi connectivity index (χ3n) is 3.39. The van der Waals surface area contributed by atoms with Crippen LogP contribution in [0.5, 0.6) is 0 Å². The molecular weight excluding hydrogens is 409 g/mol. The highest BCUT2D eigenvalue weighted by Gasteiger charge is 2.11. The summed E-state index contributed by atoms with van der Waals surface area (Å²) in [5, 5.41) is 16.5. The molecule has 1 N–H and O–H groups in total. The molecule has 0 saturated heterocycles. The summed E-state index contributed by atoms with van der Waals surface area (Å²) in [6.07, 6.45) is 0. The van der Waals surface area contributed by atoms with Gasteiger partial charge in [-0.05, 0) is 48.5 Å². The number of anilines is 2.